The molecule has 12 nitrogen and oxygen atoms in total. The summed E-state index contributed by atoms with van der Waals surface area (Å²) < 4.78 is 17.2. The molecule has 12 heteroatoms. The molecule has 3 heterocycles. The number of aromatic nitrogens is 1. The molecule has 4 rings (SSSR count). The first-order valence-corrected chi connectivity index (χ1v) is 17.6. The second-order valence-electron chi connectivity index (χ2n) is 13.7. The van der Waals surface area contributed by atoms with Crippen LogP contribution < -0.4 is 16.1 Å². The van der Waals surface area contributed by atoms with E-state index >= 15 is 0 Å². The minimum absolute atomic E-state index is 0.229. The quantitative estimate of drug-likeness (QED) is 0.178. The number of carbonyl (C=O) groups is 4. The maximum absolute atomic E-state index is 13.5. The van der Waals surface area contributed by atoms with Crippen LogP contribution in [0.25, 0.3) is 16.8 Å². The Morgan fingerprint density at radius 1 is 1.12 bits per heavy atom. The molecule has 2 fully saturated rings. The number of nitrogens with one attached hydrogen (secondary N) is 3. The highest BCUT2D eigenvalue weighted by Crippen LogP contribution is 2.28. The van der Waals surface area contributed by atoms with E-state index in [1.54, 1.807) is 33.0 Å². The van der Waals surface area contributed by atoms with E-state index in [0.717, 1.165) is 22.0 Å². The summed E-state index contributed by atoms with van der Waals surface area (Å²) in [6.45, 7) is 16.0. The number of pyridine rings is 1. The third kappa shape index (κ3) is 10.2. The number of fused-ring (bicyclic) bond motifs is 1. The minimum Gasteiger partial charge on any atom is -0.452 e. The van der Waals surface area contributed by atoms with Gasteiger partial charge in [-0.15, -0.1) is 0 Å². The summed E-state index contributed by atoms with van der Waals surface area (Å²) in [5, 5.41) is 9.18. The van der Waals surface area contributed by atoms with Crippen molar-refractivity contribution in [1.82, 2.24) is 26.1 Å². The summed E-state index contributed by atoms with van der Waals surface area (Å²) in [5.41, 5.74) is 4.76. The van der Waals surface area contributed by atoms with E-state index in [2.05, 4.69) is 27.6 Å². The molecule has 0 bridgehead atoms. The van der Waals surface area contributed by atoms with E-state index in [-0.39, 0.29) is 17.9 Å². The molecule has 5 unspecified atom stereocenters. The van der Waals surface area contributed by atoms with Crippen LogP contribution >= 0.6 is 0 Å². The number of carbonyl (C=O) groups excluding carboxylic acids is 4. The highest BCUT2D eigenvalue weighted by Gasteiger charge is 2.36. The molecule has 2 aromatic rings. The van der Waals surface area contributed by atoms with Crippen LogP contribution in [0.2, 0.25) is 0 Å². The molecule has 5 atom stereocenters. The smallest absolute Gasteiger partial charge is 0.310 e. The van der Waals surface area contributed by atoms with Crippen LogP contribution in [-0.4, -0.2) is 77.4 Å². The lowest BCUT2D eigenvalue weighted by Crippen LogP contribution is -2.61. The van der Waals surface area contributed by atoms with E-state index in [4.69, 9.17) is 14.2 Å². The summed E-state index contributed by atoms with van der Waals surface area (Å²) in [7, 11) is 0. The summed E-state index contributed by atoms with van der Waals surface area (Å²) in [6, 6.07) is 6.06. The highest BCUT2D eigenvalue weighted by atomic mass is 16.7. The van der Waals surface area contributed by atoms with Crippen LogP contribution in [0.1, 0.15) is 90.9 Å². The van der Waals surface area contributed by atoms with Gasteiger partial charge in [0, 0.05) is 24.5 Å². The molecule has 272 valence electrons. The number of ether oxygens (including phenoxy) is 3. The lowest BCUT2D eigenvalue weighted by atomic mass is 9.96. The molecule has 0 saturated carbocycles. The van der Waals surface area contributed by atoms with Crippen LogP contribution in [0.5, 0.6) is 0 Å². The number of nitrogens with zero attached hydrogens (tertiary/aromatic N) is 2. The zero-order valence-electron chi connectivity index (χ0n) is 30.2. The third-order valence-electron chi connectivity index (χ3n) is 9.27. The van der Waals surface area contributed by atoms with E-state index in [9.17, 15) is 19.2 Å². The number of allylic oxidation sites excluding steroid dienone is 2. The zero-order chi connectivity index (χ0) is 36.4. The predicted octanol–water partition coefficient (Wildman–Crippen LogP) is 4.75. The van der Waals surface area contributed by atoms with Gasteiger partial charge >= 0.3 is 5.97 Å². The number of hydrogen-bond acceptors (Lipinski definition) is 9. The predicted molar refractivity (Wildman–Crippen MR) is 191 cm³/mol. The van der Waals surface area contributed by atoms with Gasteiger partial charge in [-0.05, 0) is 88.5 Å². The van der Waals surface area contributed by atoms with Gasteiger partial charge in [0.05, 0.1) is 30.9 Å². The lowest BCUT2D eigenvalue weighted by molar-refractivity contribution is -0.167. The maximum Gasteiger partial charge on any atom is 0.310 e. The second-order valence-corrected chi connectivity index (χ2v) is 13.7. The standard InChI is InChI=1S/C38H53N5O7/c1-8-10-12-27(16-17-38(7)48-19-20-49-38)37(47)50-33(24(3)4)35(45)41-26(6)36(46)43-18-11-13-32(42-43)34(44)40-25(5)28-14-15-29-23-39-31(9-2)22-30(29)21-28/h8-10,14-15,21-27,32-33,42H,2,11-13,16-20H2,1,3-7H3,(H,40,44)(H,41,45). The molecule has 0 radical (unpaired) electrons. The normalized spacial score (nSPS) is 19.9. The number of benzene rings is 1. The minimum atomic E-state index is -1.09. The lowest BCUT2D eigenvalue weighted by Gasteiger charge is -2.35. The maximum atomic E-state index is 13.5. The van der Waals surface area contributed by atoms with Crippen molar-refractivity contribution in [2.45, 2.75) is 104 Å². The fourth-order valence-corrected chi connectivity index (χ4v) is 6.16. The van der Waals surface area contributed by atoms with Crippen molar-refractivity contribution < 1.29 is 33.4 Å². The van der Waals surface area contributed by atoms with Gasteiger partial charge in [0.15, 0.2) is 11.9 Å². The molecule has 2 aliphatic rings. The average molecular weight is 692 g/mol. The molecular weight excluding hydrogens is 638 g/mol. The molecule has 50 heavy (non-hydrogen) atoms. The molecule has 1 aromatic heterocycles. The van der Waals surface area contributed by atoms with Gasteiger partial charge in [-0.25, -0.2) is 5.43 Å². The van der Waals surface area contributed by atoms with Gasteiger partial charge in [0.1, 0.15) is 12.1 Å². The number of rotatable bonds is 15. The average Bonchev–Trinajstić information content (AvgIpc) is 3.55. The van der Waals surface area contributed by atoms with Gasteiger partial charge < -0.3 is 24.8 Å². The molecule has 2 saturated heterocycles. The second kappa shape index (κ2) is 17.7. The van der Waals surface area contributed by atoms with Gasteiger partial charge in [0.25, 0.3) is 11.8 Å². The van der Waals surface area contributed by atoms with Crippen molar-refractivity contribution in [3.05, 3.63) is 60.5 Å². The fraction of sp³-hybridized carbons (Fsp3) is 0.553. The molecule has 0 aliphatic carbocycles. The van der Waals surface area contributed by atoms with Crippen LogP contribution in [0, 0.1) is 11.8 Å². The Balaban J connectivity index is 1.32. The van der Waals surface area contributed by atoms with E-state index < -0.39 is 47.7 Å². The van der Waals surface area contributed by atoms with Gasteiger partial charge in [-0.2, -0.15) is 0 Å². The van der Waals surface area contributed by atoms with Crippen molar-refractivity contribution in [1.29, 1.82) is 0 Å². The Morgan fingerprint density at radius 2 is 1.86 bits per heavy atom. The summed E-state index contributed by atoms with van der Waals surface area (Å²) in [5.74, 6) is -3.24. The van der Waals surface area contributed by atoms with Gasteiger partial charge in [-0.3, -0.25) is 29.2 Å². The number of hydrazine groups is 1. The Bertz CT molecular complexity index is 1550. The SMILES string of the molecule is C=Cc1cc2cc(C(C)NC(=O)C3CCCN(C(=O)C(C)NC(=O)C(OC(=O)C(CC=CC)CCC4(C)OCCO4)C(C)C)N3)ccc2cn1. The van der Waals surface area contributed by atoms with Crippen LogP contribution in [-0.2, 0) is 33.4 Å². The first-order chi connectivity index (χ1) is 23.8. The number of hydrogen-bond donors (Lipinski definition) is 3. The molecule has 1 aromatic carbocycles. The van der Waals surface area contributed by atoms with Crippen molar-refractivity contribution >= 4 is 40.5 Å². The topological polar surface area (TPSA) is 148 Å². The molecule has 3 amide bonds. The summed E-state index contributed by atoms with van der Waals surface area (Å²) >= 11 is 0. The Morgan fingerprint density at radius 3 is 2.54 bits per heavy atom. The molecular formula is C38H53N5O7. The Kier molecular flexibility index (Phi) is 13.7. The highest BCUT2D eigenvalue weighted by molar-refractivity contribution is 5.91. The largest absolute Gasteiger partial charge is 0.452 e. The summed E-state index contributed by atoms with van der Waals surface area (Å²) in [6.07, 6.45) is 8.74. The summed E-state index contributed by atoms with van der Waals surface area (Å²) in [4.78, 5) is 57.9. The van der Waals surface area contributed by atoms with E-state index in [0.29, 0.717) is 51.9 Å². The molecule has 3 N–H and O–H groups in total. The van der Waals surface area contributed by atoms with Gasteiger partial charge in [-0.1, -0.05) is 44.7 Å². The Hall–Kier alpha value is -4.13. The monoisotopic (exact) mass is 691 g/mol. The number of amides is 3. The van der Waals surface area contributed by atoms with Crippen LogP contribution in [0.15, 0.2) is 49.2 Å². The van der Waals surface area contributed by atoms with Crippen LogP contribution in [0.4, 0.5) is 0 Å². The fourth-order valence-electron chi connectivity index (χ4n) is 6.16. The van der Waals surface area contributed by atoms with Crippen molar-refractivity contribution in [2.24, 2.45) is 11.8 Å². The molecule has 0 spiro atoms. The van der Waals surface area contributed by atoms with Crippen molar-refractivity contribution in [3.8, 4) is 0 Å². The Labute approximate surface area is 295 Å². The van der Waals surface area contributed by atoms with Crippen molar-refractivity contribution in [3.63, 3.8) is 0 Å². The zero-order valence-corrected chi connectivity index (χ0v) is 30.2. The van der Waals surface area contributed by atoms with E-state index in [1.165, 1.54) is 5.01 Å². The third-order valence-corrected chi connectivity index (χ3v) is 9.27. The van der Waals surface area contributed by atoms with E-state index in [1.807, 2.05) is 57.2 Å². The van der Waals surface area contributed by atoms with Gasteiger partial charge in [0.2, 0.25) is 5.91 Å². The molecule has 2 aliphatic heterocycles. The first-order valence-electron chi connectivity index (χ1n) is 17.6. The first kappa shape index (κ1) is 38.7. The van der Waals surface area contributed by atoms with Crippen LogP contribution in [0.3, 0.4) is 0 Å². The number of esters is 1. The van der Waals surface area contributed by atoms with Crippen molar-refractivity contribution in [2.75, 3.05) is 19.8 Å².